The van der Waals surface area contributed by atoms with Crippen molar-refractivity contribution in [2.45, 2.75) is 0 Å². The Balaban J connectivity index is 2.20. The largest absolute Gasteiger partial charge is 0.478 e. The maximum Gasteiger partial charge on any atom is 0.338 e. The molecule has 2 heterocycles. The van der Waals surface area contributed by atoms with Gasteiger partial charge in [0.25, 0.3) is 0 Å². The molecule has 0 saturated carbocycles. The normalized spacial score (nSPS) is 10.8. The Morgan fingerprint density at radius 3 is 2.80 bits per heavy atom. The van der Waals surface area contributed by atoms with Crippen LogP contribution in [0.5, 0.6) is 0 Å². The number of aromatic amines is 2. The van der Waals surface area contributed by atoms with Gasteiger partial charge in [0.15, 0.2) is 0 Å². The van der Waals surface area contributed by atoms with Crippen molar-refractivity contribution in [3.63, 3.8) is 0 Å². The Labute approximate surface area is 110 Å². The van der Waals surface area contributed by atoms with Crippen LogP contribution in [0.2, 0.25) is 0 Å². The van der Waals surface area contributed by atoms with E-state index in [1.165, 1.54) is 12.3 Å². The van der Waals surface area contributed by atoms with Gasteiger partial charge in [0.05, 0.1) is 16.6 Å². The molecule has 0 radical (unpaired) electrons. The van der Waals surface area contributed by atoms with E-state index in [0.717, 1.165) is 12.1 Å². The van der Waals surface area contributed by atoms with E-state index >= 15 is 0 Å². The molecule has 7 heteroatoms. The van der Waals surface area contributed by atoms with E-state index in [4.69, 9.17) is 5.11 Å². The van der Waals surface area contributed by atoms with Crippen LogP contribution in [0.1, 0.15) is 10.4 Å². The third-order valence-corrected chi connectivity index (χ3v) is 2.85. The zero-order chi connectivity index (χ0) is 14.3. The zero-order valence-corrected chi connectivity index (χ0v) is 9.98. The molecule has 2 aromatic heterocycles. The van der Waals surface area contributed by atoms with Crippen LogP contribution >= 0.6 is 0 Å². The standard InChI is InChI=1S/C13H8FN3O3/c14-8-5-10-9(4-7(8)13(19)20)16-12(17-10)6-1-2-15-11(18)3-6/h1-5H,(H,15,18)(H,16,17)(H,19,20). The van der Waals surface area contributed by atoms with Crippen LogP contribution in [0.3, 0.4) is 0 Å². The molecule has 6 nitrogen and oxygen atoms in total. The van der Waals surface area contributed by atoms with Gasteiger partial charge in [-0.15, -0.1) is 0 Å². The molecular formula is C13H8FN3O3. The molecule has 3 aromatic rings. The Morgan fingerprint density at radius 1 is 1.30 bits per heavy atom. The first-order valence-electron chi connectivity index (χ1n) is 5.66. The molecule has 0 fully saturated rings. The minimum Gasteiger partial charge on any atom is -0.478 e. The van der Waals surface area contributed by atoms with Crippen molar-refractivity contribution in [2.75, 3.05) is 0 Å². The van der Waals surface area contributed by atoms with Crippen LogP contribution in [-0.4, -0.2) is 26.0 Å². The average molecular weight is 273 g/mol. The van der Waals surface area contributed by atoms with Crippen molar-refractivity contribution in [3.8, 4) is 11.4 Å². The zero-order valence-electron chi connectivity index (χ0n) is 9.98. The number of benzene rings is 1. The first-order valence-corrected chi connectivity index (χ1v) is 5.66. The lowest BCUT2D eigenvalue weighted by Crippen LogP contribution is -2.02. The van der Waals surface area contributed by atoms with E-state index in [1.807, 2.05) is 0 Å². The number of imidazole rings is 1. The van der Waals surface area contributed by atoms with Crippen molar-refractivity contribution in [3.05, 3.63) is 52.2 Å². The van der Waals surface area contributed by atoms with Gasteiger partial charge in [-0.2, -0.15) is 0 Å². The highest BCUT2D eigenvalue weighted by Gasteiger charge is 2.14. The van der Waals surface area contributed by atoms with Gasteiger partial charge in [-0.05, 0) is 12.1 Å². The number of hydrogen-bond acceptors (Lipinski definition) is 3. The maximum absolute atomic E-state index is 13.6. The Bertz CT molecular complexity index is 882. The highest BCUT2D eigenvalue weighted by Crippen LogP contribution is 2.22. The van der Waals surface area contributed by atoms with Crippen LogP contribution < -0.4 is 5.56 Å². The monoisotopic (exact) mass is 273 g/mol. The number of aromatic nitrogens is 3. The molecule has 0 amide bonds. The van der Waals surface area contributed by atoms with Gasteiger partial charge in [0.1, 0.15) is 11.6 Å². The number of fused-ring (bicyclic) bond motifs is 1. The molecule has 0 aliphatic heterocycles. The van der Waals surface area contributed by atoms with Gasteiger partial charge >= 0.3 is 5.97 Å². The molecule has 20 heavy (non-hydrogen) atoms. The van der Waals surface area contributed by atoms with E-state index < -0.39 is 17.3 Å². The maximum atomic E-state index is 13.6. The number of nitrogens with zero attached hydrogens (tertiary/aromatic N) is 1. The molecule has 0 saturated heterocycles. The summed E-state index contributed by atoms with van der Waals surface area (Å²) in [6, 6.07) is 5.20. The van der Waals surface area contributed by atoms with Crippen LogP contribution in [0.15, 0.2) is 35.3 Å². The van der Waals surface area contributed by atoms with E-state index in [9.17, 15) is 14.0 Å². The third-order valence-electron chi connectivity index (χ3n) is 2.85. The highest BCUT2D eigenvalue weighted by molar-refractivity contribution is 5.93. The fourth-order valence-corrected chi connectivity index (χ4v) is 1.92. The van der Waals surface area contributed by atoms with Crippen LogP contribution in [0, 0.1) is 5.82 Å². The van der Waals surface area contributed by atoms with E-state index in [0.29, 0.717) is 22.4 Å². The summed E-state index contributed by atoms with van der Waals surface area (Å²) >= 11 is 0. The smallest absolute Gasteiger partial charge is 0.338 e. The number of nitrogens with one attached hydrogen (secondary N) is 2. The number of hydrogen-bond donors (Lipinski definition) is 3. The van der Waals surface area contributed by atoms with E-state index in [-0.39, 0.29) is 5.56 Å². The van der Waals surface area contributed by atoms with Gasteiger partial charge in [-0.25, -0.2) is 14.2 Å². The summed E-state index contributed by atoms with van der Waals surface area (Å²) in [6.07, 6.45) is 1.47. The molecule has 100 valence electrons. The fourth-order valence-electron chi connectivity index (χ4n) is 1.92. The number of pyridine rings is 1. The first kappa shape index (κ1) is 12.1. The molecule has 1 aromatic carbocycles. The van der Waals surface area contributed by atoms with Gasteiger partial charge in [-0.1, -0.05) is 0 Å². The lowest BCUT2D eigenvalue weighted by atomic mass is 10.2. The second-order valence-corrected chi connectivity index (χ2v) is 4.18. The number of halogens is 1. The second kappa shape index (κ2) is 4.30. The third kappa shape index (κ3) is 1.95. The molecule has 3 N–H and O–H groups in total. The molecule has 0 atom stereocenters. The van der Waals surface area contributed by atoms with Crippen molar-refractivity contribution >= 4 is 17.0 Å². The summed E-state index contributed by atoms with van der Waals surface area (Å²) in [5.41, 5.74) is 0.478. The Morgan fingerprint density at radius 2 is 2.10 bits per heavy atom. The van der Waals surface area contributed by atoms with Crippen molar-refractivity contribution in [2.24, 2.45) is 0 Å². The molecule has 0 bridgehead atoms. The number of aromatic carboxylic acids is 1. The molecular weight excluding hydrogens is 265 g/mol. The van der Waals surface area contributed by atoms with Crippen molar-refractivity contribution < 1.29 is 14.3 Å². The number of carboxylic acids is 1. The number of carboxylic acid groups (broad SMARTS) is 1. The van der Waals surface area contributed by atoms with E-state index in [2.05, 4.69) is 15.0 Å². The highest BCUT2D eigenvalue weighted by atomic mass is 19.1. The van der Waals surface area contributed by atoms with Gasteiger partial charge in [-0.3, -0.25) is 4.79 Å². The fraction of sp³-hybridized carbons (Fsp3) is 0. The number of rotatable bonds is 2. The minimum atomic E-state index is -1.36. The van der Waals surface area contributed by atoms with Crippen LogP contribution in [-0.2, 0) is 0 Å². The van der Waals surface area contributed by atoms with Crippen LogP contribution in [0.4, 0.5) is 4.39 Å². The van der Waals surface area contributed by atoms with Crippen molar-refractivity contribution in [1.29, 1.82) is 0 Å². The summed E-state index contributed by atoms with van der Waals surface area (Å²) in [5.74, 6) is -1.83. The Kier molecular flexibility index (Phi) is 2.60. The average Bonchev–Trinajstić information content (AvgIpc) is 2.80. The van der Waals surface area contributed by atoms with Gasteiger partial charge < -0.3 is 15.1 Å². The lowest BCUT2D eigenvalue weighted by molar-refractivity contribution is 0.0692. The minimum absolute atomic E-state index is 0.291. The molecule has 0 aliphatic carbocycles. The quantitative estimate of drug-likeness (QED) is 0.662. The number of carbonyl (C=O) groups is 1. The van der Waals surface area contributed by atoms with Gasteiger partial charge in [0.2, 0.25) is 5.56 Å². The Hall–Kier alpha value is -2.96. The summed E-state index contributed by atoms with van der Waals surface area (Å²) in [6.45, 7) is 0. The summed E-state index contributed by atoms with van der Waals surface area (Å²) in [4.78, 5) is 31.6. The molecule has 0 aliphatic rings. The topological polar surface area (TPSA) is 98.8 Å². The summed E-state index contributed by atoms with van der Waals surface area (Å²) < 4.78 is 13.6. The van der Waals surface area contributed by atoms with Crippen LogP contribution in [0.25, 0.3) is 22.4 Å². The molecule has 0 spiro atoms. The van der Waals surface area contributed by atoms with Gasteiger partial charge in [0, 0.05) is 23.9 Å². The number of H-pyrrole nitrogens is 2. The predicted molar refractivity (Wildman–Crippen MR) is 69.1 cm³/mol. The van der Waals surface area contributed by atoms with Crippen molar-refractivity contribution in [1.82, 2.24) is 15.0 Å². The summed E-state index contributed by atoms with van der Waals surface area (Å²) in [7, 11) is 0. The predicted octanol–water partition coefficient (Wildman–Crippen LogP) is 1.76. The SMILES string of the molecule is O=C(O)c1cc2nc(-c3cc[nH]c(=O)c3)[nH]c2cc1F. The molecule has 3 rings (SSSR count). The lowest BCUT2D eigenvalue weighted by Gasteiger charge is -1.95. The first-order chi connectivity index (χ1) is 9.54. The van der Waals surface area contributed by atoms with E-state index in [1.54, 1.807) is 6.07 Å². The summed E-state index contributed by atoms with van der Waals surface area (Å²) in [5, 5.41) is 8.86. The second-order valence-electron chi connectivity index (χ2n) is 4.18. The molecule has 0 unspecified atom stereocenters.